The van der Waals surface area contributed by atoms with Gasteiger partial charge in [-0.25, -0.2) is 0 Å². The molecule has 0 rings (SSSR count). The van der Waals surface area contributed by atoms with Crippen LogP contribution in [0.2, 0.25) is 0 Å². The van der Waals surface area contributed by atoms with Gasteiger partial charge in [-0.15, -0.1) is 0 Å². The van der Waals surface area contributed by atoms with Crippen LogP contribution in [0.4, 0.5) is 26.3 Å². The summed E-state index contributed by atoms with van der Waals surface area (Å²) in [6, 6.07) is 0. The first-order valence-corrected chi connectivity index (χ1v) is 5.61. The van der Waals surface area contributed by atoms with Gasteiger partial charge in [0.05, 0.1) is 0 Å². The summed E-state index contributed by atoms with van der Waals surface area (Å²) in [5, 5.41) is 0. The number of hydrogen-bond acceptors (Lipinski definition) is 1. The molecule has 0 aliphatic heterocycles. The van der Waals surface area contributed by atoms with Crippen LogP contribution in [0.3, 0.4) is 0 Å². The molecule has 0 saturated carbocycles. The molecule has 0 unspecified atom stereocenters. The highest BCUT2D eigenvalue weighted by molar-refractivity contribution is 8.14. The van der Waals surface area contributed by atoms with Gasteiger partial charge < -0.3 is 0 Å². The summed E-state index contributed by atoms with van der Waals surface area (Å²) >= 11 is 3.69. The van der Waals surface area contributed by atoms with Crippen molar-refractivity contribution in [3.05, 3.63) is 0 Å². The Morgan fingerprint density at radius 3 is 1.15 bits per heavy atom. The largest absolute Gasteiger partial charge is 0.435 e. The van der Waals surface area contributed by atoms with Gasteiger partial charge >= 0.3 is 11.8 Å². The van der Waals surface area contributed by atoms with E-state index in [9.17, 15) is 26.3 Å². The molecule has 0 heterocycles. The normalized spacial score (nSPS) is 15.2. The molecule has 0 aromatic rings. The van der Waals surface area contributed by atoms with Gasteiger partial charge in [0.1, 0.15) is 0 Å². The van der Waals surface area contributed by atoms with E-state index >= 15 is 0 Å². The van der Waals surface area contributed by atoms with E-state index in [-0.39, 0.29) is 4.67 Å². The minimum absolute atomic E-state index is 0.0301. The van der Waals surface area contributed by atoms with Crippen molar-refractivity contribution in [1.82, 2.24) is 4.67 Å². The fourth-order valence-corrected chi connectivity index (χ4v) is 1.79. The molecule has 1 nitrogen and oxygen atoms in total. The van der Waals surface area contributed by atoms with Crippen molar-refractivity contribution in [3.63, 3.8) is 0 Å². The van der Waals surface area contributed by atoms with Gasteiger partial charge in [-0.2, -0.15) is 26.3 Å². The molecule has 9 heteroatoms. The van der Waals surface area contributed by atoms with E-state index in [0.29, 0.717) is 14.1 Å². The van der Waals surface area contributed by atoms with Crippen LogP contribution in [0.1, 0.15) is 0 Å². The van der Waals surface area contributed by atoms with Crippen LogP contribution in [-0.4, -0.2) is 30.6 Å². The second-order valence-corrected chi connectivity index (χ2v) is 6.91. The Morgan fingerprint density at radius 1 is 0.923 bits per heavy atom. The van der Waals surface area contributed by atoms with Gasteiger partial charge in [0, 0.05) is 0 Å². The summed E-state index contributed by atoms with van der Waals surface area (Å²) in [5.41, 5.74) is 0. The first kappa shape index (κ1) is 13.2. The SMILES string of the molecule is CN(C)P(=S)(C(F)(F)F)C(F)(F)F. The Bertz CT molecular complexity index is 212. The van der Waals surface area contributed by atoms with Gasteiger partial charge in [0.2, 0.25) is 6.19 Å². The predicted molar refractivity (Wildman–Crippen MR) is 40.1 cm³/mol. The molecule has 13 heavy (non-hydrogen) atoms. The highest BCUT2D eigenvalue weighted by Gasteiger charge is 2.64. The van der Waals surface area contributed by atoms with E-state index in [4.69, 9.17) is 0 Å². The summed E-state index contributed by atoms with van der Waals surface area (Å²) in [6.45, 7) is 0. The molecule has 0 aliphatic carbocycles. The lowest BCUT2D eigenvalue weighted by Gasteiger charge is -2.31. The number of halogens is 6. The fraction of sp³-hybridized carbons (Fsp3) is 1.00. The van der Waals surface area contributed by atoms with E-state index in [1.165, 1.54) is 0 Å². The Balaban J connectivity index is 5.37. The highest BCUT2D eigenvalue weighted by atomic mass is 32.4. The van der Waals surface area contributed by atoms with Crippen molar-refractivity contribution in [3.8, 4) is 0 Å². The highest BCUT2D eigenvalue weighted by Crippen LogP contribution is 2.72. The van der Waals surface area contributed by atoms with Crippen LogP contribution >= 0.6 is 6.19 Å². The Kier molecular flexibility index (Phi) is 3.45. The Morgan fingerprint density at radius 2 is 1.15 bits per heavy atom. The van der Waals surface area contributed by atoms with Crippen molar-refractivity contribution in [1.29, 1.82) is 0 Å². The molecule has 0 aromatic carbocycles. The van der Waals surface area contributed by atoms with E-state index in [0.717, 1.165) is 0 Å². The summed E-state index contributed by atoms with van der Waals surface area (Å²) in [4.78, 5) is 0. The number of nitrogens with zero attached hydrogens (tertiary/aromatic N) is 1. The zero-order chi connectivity index (χ0) is 11.1. The predicted octanol–water partition coefficient (Wildman–Crippen LogP) is 2.98. The molecule has 0 aliphatic rings. The average molecular weight is 245 g/mol. The standard InChI is InChI=1S/C4H6F6NPS/c1-11(2)12(13,3(5,6)7)4(8,9)10/h1-2H3. The molecule has 0 radical (unpaired) electrons. The van der Waals surface area contributed by atoms with Crippen molar-refractivity contribution in [2.24, 2.45) is 0 Å². The van der Waals surface area contributed by atoms with Crippen LogP contribution in [0.15, 0.2) is 0 Å². The second-order valence-electron chi connectivity index (χ2n) is 2.36. The van der Waals surface area contributed by atoms with Crippen molar-refractivity contribution in [2.45, 2.75) is 11.8 Å². The lowest BCUT2D eigenvalue weighted by molar-refractivity contribution is -0.0906. The topological polar surface area (TPSA) is 3.24 Å². The maximum Gasteiger partial charge on any atom is 0.435 e. The third-order valence-corrected chi connectivity index (χ3v) is 5.97. The molecule has 80 valence electrons. The molecule has 0 atom stereocenters. The lowest BCUT2D eigenvalue weighted by atomic mass is 11.3. The third-order valence-electron chi connectivity index (χ3n) is 1.25. The smallest absolute Gasteiger partial charge is 0.267 e. The van der Waals surface area contributed by atoms with E-state index in [1.54, 1.807) is 0 Å². The quantitative estimate of drug-likeness (QED) is 0.516. The molecule has 0 bridgehead atoms. The van der Waals surface area contributed by atoms with Crippen LogP contribution in [0.25, 0.3) is 0 Å². The van der Waals surface area contributed by atoms with Gasteiger partial charge in [-0.3, -0.25) is 4.67 Å². The number of alkyl halides is 6. The first-order chi connectivity index (χ1) is 5.44. The molecule has 0 amide bonds. The molecule has 0 spiro atoms. The van der Waals surface area contributed by atoms with Gasteiger partial charge in [-0.1, -0.05) is 11.8 Å². The van der Waals surface area contributed by atoms with E-state index in [2.05, 4.69) is 11.8 Å². The average Bonchev–Trinajstić information content (AvgIpc) is 1.80. The number of hydrogen-bond donors (Lipinski definition) is 0. The second kappa shape index (κ2) is 3.40. The van der Waals surface area contributed by atoms with Crippen molar-refractivity contribution >= 4 is 18.0 Å². The van der Waals surface area contributed by atoms with Crippen LogP contribution in [0.5, 0.6) is 0 Å². The molecule has 0 N–H and O–H groups in total. The zero-order valence-corrected chi connectivity index (χ0v) is 8.28. The Hall–Kier alpha value is 0.190. The van der Waals surface area contributed by atoms with E-state index in [1.807, 2.05) is 0 Å². The van der Waals surface area contributed by atoms with E-state index < -0.39 is 18.0 Å². The molecule has 0 saturated heterocycles. The van der Waals surface area contributed by atoms with Crippen LogP contribution in [0, 0.1) is 0 Å². The monoisotopic (exact) mass is 245 g/mol. The molecular weight excluding hydrogens is 239 g/mol. The lowest BCUT2D eigenvalue weighted by Crippen LogP contribution is -2.31. The maximum atomic E-state index is 12.0. The summed E-state index contributed by atoms with van der Waals surface area (Å²) < 4.78 is 72.2. The van der Waals surface area contributed by atoms with Crippen LogP contribution in [-0.2, 0) is 11.8 Å². The fourth-order valence-electron chi connectivity index (χ4n) is 0.597. The van der Waals surface area contributed by atoms with Crippen molar-refractivity contribution in [2.75, 3.05) is 14.1 Å². The summed E-state index contributed by atoms with van der Waals surface area (Å²) in [7, 11) is 1.36. The molecule has 0 fully saturated rings. The third kappa shape index (κ3) is 2.16. The van der Waals surface area contributed by atoms with Gasteiger partial charge in [0.25, 0.3) is 0 Å². The summed E-state index contributed by atoms with van der Waals surface area (Å²) in [5.74, 6) is -10.8. The first-order valence-electron chi connectivity index (χ1n) is 2.86. The molecule has 0 aromatic heterocycles. The molecular formula is C4H6F6NPS. The number of rotatable bonds is 1. The minimum atomic E-state index is -5.49. The summed E-state index contributed by atoms with van der Waals surface area (Å²) in [6.07, 6.45) is -5.49. The van der Waals surface area contributed by atoms with Gasteiger partial charge in [-0.05, 0) is 14.1 Å². The zero-order valence-electron chi connectivity index (χ0n) is 6.57. The van der Waals surface area contributed by atoms with Crippen LogP contribution < -0.4 is 0 Å². The van der Waals surface area contributed by atoms with Crippen molar-refractivity contribution < 1.29 is 26.3 Å². The minimum Gasteiger partial charge on any atom is -0.267 e. The maximum absolute atomic E-state index is 12.0. The Labute approximate surface area is 75.8 Å². The van der Waals surface area contributed by atoms with Gasteiger partial charge in [0.15, 0.2) is 0 Å².